The zero-order valence-electron chi connectivity index (χ0n) is 12.8. The lowest BCUT2D eigenvalue weighted by atomic mass is 10.1. The van der Waals surface area contributed by atoms with Gasteiger partial charge < -0.3 is 15.5 Å². The van der Waals surface area contributed by atoms with Gasteiger partial charge in [0.25, 0.3) is 5.91 Å². The van der Waals surface area contributed by atoms with Crippen molar-refractivity contribution in [3.05, 3.63) is 35.4 Å². The molecule has 0 unspecified atom stereocenters. The predicted octanol–water partition coefficient (Wildman–Crippen LogP) is 1.08. The van der Waals surface area contributed by atoms with E-state index in [9.17, 15) is 4.79 Å². The second-order valence-corrected chi connectivity index (χ2v) is 4.65. The summed E-state index contributed by atoms with van der Waals surface area (Å²) in [7, 11) is 3.47. The molecule has 0 saturated carbocycles. The van der Waals surface area contributed by atoms with Crippen LogP contribution in [0.25, 0.3) is 0 Å². The average Bonchev–Trinajstić information content (AvgIpc) is 2.49. The summed E-state index contributed by atoms with van der Waals surface area (Å²) in [5.74, 6) is 3.19. The molecule has 0 atom stereocenters. The third kappa shape index (κ3) is 5.57. The van der Waals surface area contributed by atoms with Crippen molar-refractivity contribution >= 4 is 11.9 Å². The van der Waals surface area contributed by atoms with E-state index in [4.69, 9.17) is 6.42 Å². The number of nitrogens with one attached hydrogen (secondary N) is 2. The van der Waals surface area contributed by atoms with Gasteiger partial charge in [-0.25, -0.2) is 4.99 Å². The van der Waals surface area contributed by atoms with E-state index < -0.39 is 0 Å². The molecule has 1 aromatic rings. The summed E-state index contributed by atoms with van der Waals surface area (Å²) in [5.41, 5.74) is 1.70. The summed E-state index contributed by atoms with van der Waals surface area (Å²) in [6.45, 7) is 3.72. The van der Waals surface area contributed by atoms with Gasteiger partial charge in [0.2, 0.25) is 0 Å². The lowest BCUT2D eigenvalue weighted by molar-refractivity contribution is 0.0827. The molecule has 1 amide bonds. The molecule has 0 aliphatic carbocycles. The van der Waals surface area contributed by atoms with E-state index in [0.29, 0.717) is 24.6 Å². The van der Waals surface area contributed by atoms with Crippen LogP contribution in [0.4, 0.5) is 0 Å². The van der Waals surface area contributed by atoms with Gasteiger partial charge in [-0.3, -0.25) is 4.79 Å². The van der Waals surface area contributed by atoms with Crippen LogP contribution < -0.4 is 10.6 Å². The lowest BCUT2D eigenvalue weighted by Crippen LogP contribution is -2.37. The van der Waals surface area contributed by atoms with Crippen molar-refractivity contribution in [2.45, 2.75) is 13.5 Å². The molecule has 1 aromatic carbocycles. The fraction of sp³-hybridized carbons (Fsp3) is 0.375. The Labute approximate surface area is 126 Å². The van der Waals surface area contributed by atoms with Crippen molar-refractivity contribution in [3.63, 3.8) is 0 Å². The average molecular weight is 286 g/mol. The monoisotopic (exact) mass is 286 g/mol. The summed E-state index contributed by atoms with van der Waals surface area (Å²) in [4.78, 5) is 17.8. The molecule has 0 radical (unpaired) electrons. The summed E-state index contributed by atoms with van der Waals surface area (Å²) in [6.07, 6.45) is 5.22. The van der Waals surface area contributed by atoms with Gasteiger partial charge in [0.05, 0.1) is 13.1 Å². The van der Waals surface area contributed by atoms with E-state index in [1.807, 2.05) is 31.2 Å². The maximum Gasteiger partial charge on any atom is 0.253 e. The molecular formula is C16H22N4O. The zero-order valence-corrected chi connectivity index (χ0v) is 12.8. The largest absolute Gasteiger partial charge is 0.357 e. The van der Waals surface area contributed by atoms with Crippen LogP contribution in [0, 0.1) is 12.3 Å². The predicted molar refractivity (Wildman–Crippen MR) is 86.1 cm³/mol. The van der Waals surface area contributed by atoms with Crippen molar-refractivity contribution in [1.82, 2.24) is 15.5 Å². The molecular weight excluding hydrogens is 264 g/mol. The van der Waals surface area contributed by atoms with E-state index in [1.54, 1.807) is 19.0 Å². The number of aliphatic imine (C=N–C) groups is 1. The van der Waals surface area contributed by atoms with E-state index in [0.717, 1.165) is 12.1 Å². The minimum atomic E-state index is -0.00548. The van der Waals surface area contributed by atoms with Crippen LogP contribution in [0.1, 0.15) is 22.8 Å². The maximum atomic E-state index is 11.8. The number of amides is 1. The molecule has 2 N–H and O–H groups in total. The summed E-state index contributed by atoms with van der Waals surface area (Å²) < 4.78 is 0. The second-order valence-electron chi connectivity index (χ2n) is 4.65. The smallest absolute Gasteiger partial charge is 0.253 e. The van der Waals surface area contributed by atoms with Crippen LogP contribution in [0.15, 0.2) is 29.3 Å². The third-order valence-electron chi connectivity index (χ3n) is 2.73. The zero-order chi connectivity index (χ0) is 15.7. The first-order valence-corrected chi connectivity index (χ1v) is 6.84. The van der Waals surface area contributed by atoms with Crippen LogP contribution >= 0.6 is 0 Å². The molecule has 0 saturated heterocycles. The van der Waals surface area contributed by atoms with Gasteiger partial charge in [0.15, 0.2) is 5.96 Å². The molecule has 0 fully saturated rings. The molecule has 0 aromatic heterocycles. The Morgan fingerprint density at radius 2 is 1.95 bits per heavy atom. The molecule has 5 nitrogen and oxygen atoms in total. The van der Waals surface area contributed by atoms with Gasteiger partial charge >= 0.3 is 0 Å². The number of carbonyl (C=O) groups excluding carboxylic acids is 1. The van der Waals surface area contributed by atoms with Gasteiger partial charge in [0.1, 0.15) is 0 Å². The molecule has 1 rings (SSSR count). The van der Waals surface area contributed by atoms with Crippen molar-refractivity contribution in [3.8, 4) is 12.3 Å². The number of hydrogen-bond acceptors (Lipinski definition) is 2. The van der Waals surface area contributed by atoms with Crippen molar-refractivity contribution < 1.29 is 4.79 Å². The summed E-state index contributed by atoms with van der Waals surface area (Å²) >= 11 is 0. The normalized spacial score (nSPS) is 10.7. The van der Waals surface area contributed by atoms with E-state index >= 15 is 0 Å². The SMILES string of the molecule is C#CCNC(=NCc1ccc(C(=O)N(C)C)cc1)NCC. The molecule has 21 heavy (non-hydrogen) atoms. The minimum absolute atomic E-state index is 0.00548. The highest BCUT2D eigenvalue weighted by Crippen LogP contribution is 2.07. The minimum Gasteiger partial charge on any atom is -0.357 e. The Kier molecular flexibility index (Phi) is 6.82. The highest BCUT2D eigenvalue weighted by Gasteiger charge is 2.06. The Hall–Kier alpha value is -2.48. The molecule has 0 bridgehead atoms. The number of hydrogen-bond donors (Lipinski definition) is 2. The van der Waals surface area contributed by atoms with Crippen LogP contribution in [0.3, 0.4) is 0 Å². The second kappa shape index (κ2) is 8.64. The topological polar surface area (TPSA) is 56.7 Å². The Morgan fingerprint density at radius 1 is 1.29 bits per heavy atom. The highest BCUT2D eigenvalue weighted by atomic mass is 16.2. The fourth-order valence-electron chi connectivity index (χ4n) is 1.66. The molecule has 0 heterocycles. The number of benzene rings is 1. The summed E-state index contributed by atoms with van der Waals surface area (Å²) in [5, 5.41) is 6.14. The van der Waals surface area contributed by atoms with Gasteiger partial charge in [-0.05, 0) is 24.6 Å². The van der Waals surface area contributed by atoms with Crippen LogP contribution in [-0.2, 0) is 6.54 Å². The van der Waals surface area contributed by atoms with Crippen LogP contribution in [-0.4, -0.2) is 44.0 Å². The molecule has 0 aliphatic rings. The number of nitrogens with zero attached hydrogens (tertiary/aromatic N) is 2. The Balaban J connectivity index is 2.70. The van der Waals surface area contributed by atoms with Gasteiger partial charge in [-0.1, -0.05) is 18.1 Å². The maximum absolute atomic E-state index is 11.8. The first-order valence-electron chi connectivity index (χ1n) is 6.84. The number of guanidine groups is 1. The first kappa shape index (κ1) is 16.6. The van der Waals surface area contributed by atoms with Crippen molar-refractivity contribution in [2.24, 2.45) is 4.99 Å². The van der Waals surface area contributed by atoms with Gasteiger partial charge in [0, 0.05) is 26.2 Å². The molecule has 0 spiro atoms. The fourth-order valence-corrected chi connectivity index (χ4v) is 1.66. The number of carbonyl (C=O) groups is 1. The standard InChI is InChI=1S/C16H22N4O/c1-5-11-18-16(17-6-2)19-12-13-7-9-14(10-8-13)15(21)20(3)4/h1,7-10H,6,11-12H2,2-4H3,(H2,17,18,19). The van der Waals surface area contributed by atoms with E-state index in [1.165, 1.54) is 0 Å². The Morgan fingerprint density at radius 3 is 2.48 bits per heavy atom. The Bertz CT molecular complexity index is 526. The van der Waals surface area contributed by atoms with E-state index in [2.05, 4.69) is 21.5 Å². The number of rotatable bonds is 5. The van der Waals surface area contributed by atoms with Gasteiger partial charge in [-0.2, -0.15) is 0 Å². The molecule has 112 valence electrons. The van der Waals surface area contributed by atoms with Crippen molar-refractivity contribution in [1.29, 1.82) is 0 Å². The third-order valence-corrected chi connectivity index (χ3v) is 2.73. The quantitative estimate of drug-likeness (QED) is 0.484. The van der Waals surface area contributed by atoms with E-state index in [-0.39, 0.29) is 5.91 Å². The highest BCUT2D eigenvalue weighted by molar-refractivity contribution is 5.93. The van der Waals surface area contributed by atoms with Crippen LogP contribution in [0.5, 0.6) is 0 Å². The molecule has 5 heteroatoms. The number of terminal acetylenes is 1. The van der Waals surface area contributed by atoms with Gasteiger partial charge in [-0.15, -0.1) is 6.42 Å². The van der Waals surface area contributed by atoms with Crippen LogP contribution in [0.2, 0.25) is 0 Å². The lowest BCUT2D eigenvalue weighted by Gasteiger charge is -2.11. The first-order chi connectivity index (χ1) is 10.1. The summed E-state index contributed by atoms with van der Waals surface area (Å²) in [6, 6.07) is 7.44. The van der Waals surface area contributed by atoms with Crippen molar-refractivity contribution in [2.75, 3.05) is 27.2 Å². The molecule has 0 aliphatic heterocycles.